The Labute approximate surface area is 208 Å². The zero-order valence-electron chi connectivity index (χ0n) is 22.8. The third kappa shape index (κ3) is 8.91. The normalized spacial score (nSPS) is 26.2. The van der Waals surface area contributed by atoms with Gasteiger partial charge in [0.15, 0.2) is 0 Å². The van der Waals surface area contributed by atoms with Gasteiger partial charge in [-0.25, -0.2) is 0 Å². The smallest absolute Gasteiger partial charge is 0.129 e. The van der Waals surface area contributed by atoms with Crippen molar-refractivity contribution in [2.75, 3.05) is 6.61 Å². The van der Waals surface area contributed by atoms with Gasteiger partial charge in [-0.3, -0.25) is 0 Å². The molecule has 2 aliphatic rings. The molecular formula is C30H50O4. The molecule has 0 heterocycles. The van der Waals surface area contributed by atoms with Gasteiger partial charge in [0.05, 0.1) is 0 Å². The number of aliphatic hydroxyl groups is 1. The monoisotopic (exact) mass is 474 g/mol. The molecule has 0 unspecified atom stereocenters. The minimum Gasteiger partial charge on any atom is -0.396 e. The Bertz CT molecular complexity index is 730. The van der Waals surface area contributed by atoms with Crippen LogP contribution in [0.15, 0.2) is 24.3 Å². The molecule has 0 radical (unpaired) electrons. The maximum Gasteiger partial charge on any atom is 0.129 e. The highest BCUT2D eigenvalue weighted by Gasteiger charge is 2.48. The van der Waals surface area contributed by atoms with Gasteiger partial charge in [-0.15, -0.1) is 0 Å². The van der Waals surface area contributed by atoms with E-state index < -0.39 is 0 Å². The highest BCUT2D eigenvalue weighted by atomic mass is 16.3. The van der Waals surface area contributed by atoms with Gasteiger partial charge in [0.2, 0.25) is 0 Å². The fourth-order valence-electron chi connectivity index (χ4n) is 6.17. The van der Waals surface area contributed by atoms with Crippen LogP contribution in [0.1, 0.15) is 106 Å². The SMILES string of the molecule is C=C(CCC=O)[C@H]1CC(C)(C)[C@@H]1CCC(C)=O.C=C(CCCO)[C@H]1CC(C)(C)[C@@H]1CCC(C)=O. The number of ketones is 2. The predicted molar refractivity (Wildman–Crippen MR) is 140 cm³/mol. The number of allylic oxidation sites excluding steroid dienone is 2. The average Bonchev–Trinajstić information content (AvgIpc) is 2.72. The van der Waals surface area contributed by atoms with E-state index in [1.165, 1.54) is 17.6 Å². The first kappa shape index (κ1) is 30.5. The summed E-state index contributed by atoms with van der Waals surface area (Å²) in [5.74, 6) is 2.79. The number of hydrogen-bond donors (Lipinski definition) is 1. The lowest BCUT2D eigenvalue weighted by molar-refractivity contribution is -0.119. The first-order valence-corrected chi connectivity index (χ1v) is 13.2. The summed E-state index contributed by atoms with van der Waals surface area (Å²) < 4.78 is 0. The molecule has 0 aromatic rings. The predicted octanol–water partition coefficient (Wildman–Crippen LogP) is 6.90. The number of carbonyl (C=O) groups excluding carboxylic acids is 3. The molecule has 2 rings (SSSR count). The average molecular weight is 475 g/mol. The van der Waals surface area contributed by atoms with Gasteiger partial charge in [0.25, 0.3) is 0 Å². The summed E-state index contributed by atoms with van der Waals surface area (Å²) in [6.07, 6.45) is 9.73. The molecule has 0 saturated heterocycles. The van der Waals surface area contributed by atoms with Crippen molar-refractivity contribution in [3.63, 3.8) is 0 Å². The summed E-state index contributed by atoms with van der Waals surface area (Å²) in [4.78, 5) is 32.5. The zero-order valence-corrected chi connectivity index (χ0v) is 22.8. The topological polar surface area (TPSA) is 71.4 Å². The van der Waals surface area contributed by atoms with E-state index in [4.69, 9.17) is 5.11 Å². The molecule has 0 spiro atoms. The number of rotatable bonds is 14. The van der Waals surface area contributed by atoms with Gasteiger partial charge in [-0.2, -0.15) is 0 Å². The van der Waals surface area contributed by atoms with Crippen LogP contribution >= 0.6 is 0 Å². The zero-order chi connectivity index (χ0) is 26.1. The second-order valence-electron chi connectivity index (χ2n) is 12.1. The maximum atomic E-state index is 11.1. The molecule has 2 aliphatic carbocycles. The van der Waals surface area contributed by atoms with Crippen LogP contribution in [0.3, 0.4) is 0 Å². The minimum absolute atomic E-state index is 0.243. The number of Topliss-reactive ketones (excluding diaryl/α,β-unsaturated/α-hetero) is 2. The van der Waals surface area contributed by atoms with Crippen LogP contribution in [0.4, 0.5) is 0 Å². The first-order chi connectivity index (χ1) is 15.8. The van der Waals surface area contributed by atoms with Crippen molar-refractivity contribution < 1.29 is 19.5 Å². The third-order valence-corrected chi connectivity index (χ3v) is 8.37. The minimum atomic E-state index is 0.243. The number of aldehydes is 1. The van der Waals surface area contributed by atoms with Crippen LogP contribution in [-0.4, -0.2) is 29.6 Å². The van der Waals surface area contributed by atoms with Crippen molar-refractivity contribution in [3.8, 4) is 0 Å². The molecule has 0 aromatic heterocycles. The van der Waals surface area contributed by atoms with Crippen molar-refractivity contribution in [2.45, 2.75) is 106 Å². The van der Waals surface area contributed by atoms with Crippen molar-refractivity contribution in [1.29, 1.82) is 0 Å². The van der Waals surface area contributed by atoms with E-state index in [0.29, 0.717) is 53.8 Å². The summed E-state index contributed by atoms with van der Waals surface area (Å²) in [6.45, 7) is 20.9. The van der Waals surface area contributed by atoms with E-state index in [0.717, 1.165) is 44.8 Å². The summed E-state index contributed by atoms with van der Waals surface area (Å²) in [6, 6.07) is 0. The molecule has 194 valence electrons. The summed E-state index contributed by atoms with van der Waals surface area (Å²) in [5.41, 5.74) is 3.14. The van der Waals surface area contributed by atoms with E-state index in [9.17, 15) is 14.4 Å². The van der Waals surface area contributed by atoms with E-state index >= 15 is 0 Å². The molecule has 4 nitrogen and oxygen atoms in total. The molecule has 1 N–H and O–H groups in total. The molecule has 4 atom stereocenters. The van der Waals surface area contributed by atoms with Crippen molar-refractivity contribution >= 4 is 17.9 Å². The number of aliphatic hydroxyl groups excluding tert-OH is 1. The Morgan fingerprint density at radius 3 is 1.56 bits per heavy atom. The van der Waals surface area contributed by atoms with E-state index in [2.05, 4.69) is 40.9 Å². The van der Waals surface area contributed by atoms with Gasteiger partial charge < -0.3 is 19.5 Å². The Kier molecular flexibility index (Phi) is 12.1. The molecule has 4 heteroatoms. The first-order valence-electron chi connectivity index (χ1n) is 13.2. The lowest BCUT2D eigenvalue weighted by Crippen LogP contribution is -2.44. The lowest BCUT2D eigenvalue weighted by Gasteiger charge is -2.53. The van der Waals surface area contributed by atoms with E-state index in [1.54, 1.807) is 13.8 Å². The van der Waals surface area contributed by atoms with Gasteiger partial charge in [-0.05, 0) is 93.3 Å². The molecule has 2 saturated carbocycles. The molecule has 0 amide bonds. The number of carbonyl (C=O) groups is 3. The van der Waals surface area contributed by atoms with Crippen LogP contribution in [-0.2, 0) is 14.4 Å². The van der Waals surface area contributed by atoms with Gasteiger partial charge in [0.1, 0.15) is 17.9 Å². The fraction of sp³-hybridized carbons (Fsp3) is 0.767. The quantitative estimate of drug-likeness (QED) is 0.219. The Hall–Kier alpha value is -1.55. The second-order valence-corrected chi connectivity index (χ2v) is 12.1. The van der Waals surface area contributed by atoms with Crippen LogP contribution in [0.5, 0.6) is 0 Å². The van der Waals surface area contributed by atoms with E-state index in [1.807, 2.05) is 0 Å². The number of hydrogen-bond acceptors (Lipinski definition) is 4. The fourth-order valence-corrected chi connectivity index (χ4v) is 6.17. The third-order valence-electron chi connectivity index (χ3n) is 8.37. The highest BCUT2D eigenvalue weighted by Crippen LogP contribution is 2.56. The van der Waals surface area contributed by atoms with Crippen LogP contribution in [0.25, 0.3) is 0 Å². The molecule has 0 aromatic carbocycles. The highest BCUT2D eigenvalue weighted by molar-refractivity contribution is 5.75. The van der Waals surface area contributed by atoms with Crippen molar-refractivity contribution in [3.05, 3.63) is 24.3 Å². The molecule has 2 fully saturated rings. The summed E-state index contributed by atoms with van der Waals surface area (Å²) in [5, 5.41) is 8.85. The molecule has 34 heavy (non-hydrogen) atoms. The second kappa shape index (κ2) is 13.5. The van der Waals surface area contributed by atoms with Crippen LogP contribution in [0, 0.1) is 34.5 Å². The van der Waals surface area contributed by atoms with Gasteiger partial charge >= 0.3 is 0 Å². The maximum absolute atomic E-state index is 11.1. The Balaban J connectivity index is 0.000000340. The Morgan fingerprint density at radius 2 is 1.24 bits per heavy atom. The van der Waals surface area contributed by atoms with Gasteiger partial charge in [-0.1, -0.05) is 52.0 Å². The molecule has 0 bridgehead atoms. The standard InChI is InChI=1S/C15H26O2.C15H24O2/c2*1-11(6-5-9-16)13-10-15(3,4)14(13)8-7-12(2)17/h13-14,16H,1,5-10H2,2-4H3;9,13-14H,1,5-8,10H2,2-4H3/t2*13-,14-/m11/s1. The van der Waals surface area contributed by atoms with Gasteiger partial charge in [0, 0.05) is 25.9 Å². The van der Waals surface area contributed by atoms with Crippen LogP contribution < -0.4 is 0 Å². The summed E-state index contributed by atoms with van der Waals surface area (Å²) in [7, 11) is 0. The molecule has 0 aliphatic heterocycles. The largest absolute Gasteiger partial charge is 0.396 e. The van der Waals surface area contributed by atoms with Crippen molar-refractivity contribution in [1.82, 2.24) is 0 Å². The lowest BCUT2D eigenvalue weighted by atomic mass is 9.52. The van der Waals surface area contributed by atoms with Crippen molar-refractivity contribution in [2.24, 2.45) is 34.5 Å². The van der Waals surface area contributed by atoms with Crippen LogP contribution in [0.2, 0.25) is 0 Å². The van der Waals surface area contributed by atoms with E-state index in [-0.39, 0.29) is 18.2 Å². The Morgan fingerprint density at radius 1 is 0.824 bits per heavy atom. The molecular weight excluding hydrogens is 424 g/mol. The summed E-state index contributed by atoms with van der Waals surface area (Å²) >= 11 is 0.